The van der Waals surface area contributed by atoms with E-state index in [0.717, 1.165) is 29.7 Å². The molecule has 0 radical (unpaired) electrons. The fourth-order valence-electron chi connectivity index (χ4n) is 3.45. The number of ether oxygens (including phenoxy) is 1. The number of thioether (sulfide) groups is 1. The van der Waals surface area contributed by atoms with Gasteiger partial charge in [0, 0.05) is 12.2 Å². The first-order valence-corrected chi connectivity index (χ1v) is 11.0. The van der Waals surface area contributed by atoms with Crippen molar-refractivity contribution < 1.29 is 18.8 Å². The molecule has 30 heavy (non-hydrogen) atoms. The topological polar surface area (TPSA) is 97.6 Å². The van der Waals surface area contributed by atoms with E-state index >= 15 is 0 Å². The predicted molar refractivity (Wildman–Crippen MR) is 113 cm³/mol. The molecule has 2 atom stereocenters. The highest BCUT2D eigenvalue weighted by atomic mass is 32.2. The Kier molecular flexibility index (Phi) is 5.80. The van der Waals surface area contributed by atoms with Crippen LogP contribution in [0.4, 0.5) is 0 Å². The number of aromatic nitrogens is 2. The number of β-lactam (4-membered cyclic amide) rings is 1. The molecule has 1 aromatic heterocycles. The highest BCUT2D eigenvalue weighted by Crippen LogP contribution is 2.43. The van der Waals surface area contributed by atoms with Gasteiger partial charge in [0.05, 0.1) is 0 Å². The number of hydrogen-bond acceptors (Lipinski definition) is 7. The van der Waals surface area contributed by atoms with Gasteiger partial charge < -0.3 is 14.6 Å². The van der Waals surface area contributed by atoms with Crippen molar-refractivity contribution in [3.63, 3.8) is 0 Å². The maximum Gasteiger partial charge on any atom is 0.274 e. The minimum Gasteiger partial charge on any atom is -0.484 e. The van der Waals surface area contributed by atoms with Crippen molar-refractivity contribution in [2.75, 3.05) is 12.4 Å². The number of amides is 2. The van der Waals surface area contributed by atoms with Crippen LogP contribution >= 0.6 is 11.8 Å². The van der Waals surface area contributed by atoms with Crippen LogP contribution in [0.2, 0.25) is 0 Å². The largest absolute Gasteiger partial charge is 0.484 e. The molecule has 1 fully saturated rings. The summed E-state index contributed by atoms with van der Waals surface area (Å²) in [5.41, 5.74) is 2.78. The van der Waals surface area contributed by atoms with Gasteiger partial charge >= 0.3 is 0 Å². The van der Waals surface area contributed by atoms with Crippen LogP contribution in [0, 0.1) is 6.92 Å². The Labute approximate surface area is 179 Å². The smallest absolute Gasteiger partial charge is 0.274 e. The van der Waals surface area contributed by atoms with Gasteiger partial charge in [-0.3, -0.25) is 14.5 Å². The first kappa shape index (κ1) is 20.5. The Balaban J connectivity index is 1.39. The van der Waals surface area contributed by atoms with Gasteiger partial charge in [-0.25, -0.2) is 0 Å². The van der Waals surface area contributed by atoms with Crippen molar-refractivity contribution in [1.82, 2.24) is 20.4 Å². The lowest BCUT2D eigenvalue weighted by Crippen LogP contribution is -2.69. The zero-order chi connectivity index (χ0) is 21.3. The van der Waals surface area contributed by atoms with E-state index in [1.807, 2.05) is 45.0 Å². The molecule has 0 aliphatic carbocycles. The second kappa shape index (κ2) is 8.51. The normalized spacial score (nSPS) is 20.6. The fraction of sp³-hybridized carbons (Fsp3) is 0.429. The van der Waals surface area contributed by atoms with E-state index in [1.165, 1.54) is 0 Å². The number of rotatable bonds is 7. The summed E-state index contributed by atoms with van der Waals surface area (Å²) in [4.78, 5) is 31.3. The second-order valence-electron chi connectivity index (χ2n) is 7.45. The summed E-state index contributed by atoms with van der Waals surface area (Å²) in [5, 5.41) is 6.60. The molecule has 0 saturated carbocycles. The van der Waals surface area contributed by atoms with Crippen molar-refractivity contribution in [2.45, 2.75) is 45.0 Å². The van der Waals surface area contributed by atoms with Crippen LogP contribution in [0.1, 0.15) is 37.5 Å². The van der Waals surface area contributed by atoms with Gasteiger partial charge in [-0.2, -0.15) is 4.98 Å². The molecule has 158 valence electrons. The summed E-state index contributed by atoms with van der Waals surface area (Å²) in [5.74, 6) is 1.83. The van der Waals surface area contributed by atoms with E-state index in [0.29, 0.717) is 23.2 Å². The van der Waals surface area contributed by atoms with Crippen molar-refractivity contribution >= 4 is 29.3 Å². The minimum absolute atomic E-state index is 0.143. The van der Waals surface area contributed by atoms with Crippen molar-refractivity contribution in [2.24, 2.45) is 0 Å². The molecule has 0 bridgehead atoms. The second-order valence-corrected chi connectivity index (χ2v) is 8.56. The van der Waals surface area contributed by atoms with Gasteiger partial charge in [0.2, 0.25) is 0 Å². The summed E-state index contributed by atoms with van der Waals surface area (Å²) in [6, 6.07) is 6.86. The Bertz CT molecular complexity index is 985. The summed E-state index contributed by atoms with van der Waals surface area (Å²) in [6.45, 7) is 5.84. The third-order valence-corrected chi connectivity index (χ3v) is 6.43. The maximum absolute atomic E-state index is 12.8. The van der Waals surface area contributed by atoms with E-state index in [1.54, 1.807) is 16.7 Å². The average molecular weight is 429 g/mol. The van der Waals surface area contributed by atoms with E-state index in [-0.39, 0.29) is 23.8 Å². The van der Waals surface area contributed by atoms with Gasteiger partial charge in [0.25, 0.3) is 17.7 Å². The standard InChI is InChI=1S/C21H24N4O4S/c1-4-5-15-22-19(29-24-15)18-13(3)11-30-21-17(20(27)25(18)21)23-16(26)10-28-14-8-6-12(2)7-9-14/h6-9,17,21H,4-5,10-11H2,1-3H3,(H,23,26)/t17-,21-/m1/s1. The van der Waals surface area contributed by atoms with E-state index < -0.39 is 6.04 Å². The van der Waals surface area contributed by atoms with Gasteiger partial charge in [0.15, 0.2) is 12.4 Å². The summed E-state index contributed by atoms with van der Waals surface area (Å²) < 4.78 is 10.9. The predicted octanol–water partition coefficient (Wildman–Crippen LogP) is 2.54. The third kappa shape index (κ3) is 3.94. The third-order valence-electron chi connectivity index (χ3n) is 5.01. The molecule has 3 heterocycles. The summed E-state index contributed by atoms with van der Waals surface area (Å²) in [7, 11) is 0. The van der Waals surface area contributed by atoms with Crippen LogP contribution in [0.25, 0.3) is 5.70 Å². The highest BCUT2D eigenvalue weighted by molar-refractivity contribution is 8.00. The first-order chi connectivity index (χ1) is 14.5. The Morgan fingerprint density at radius 2 is 2.10 bits per heavy atom. The quantitative estimate of drug-likeness (QED) is 0.677. The monoisotopic (exact) mass is 428 g/mol. The van der Waals surface area contributed by atoms with E-state index in [4.69, 9.17) is 9.26 Å². The number of aryl methyl sites for hydroxylation is 2. The molecule has 2 amide bonds. The van der Waals surface area contributed by atoms with Gasteiger partial charge in [-0.05, 0) is 38.0 Å². The van der Waals surface area contributed by atoms with Crippen molar-refractivity contribution in [3.8, 4) is 5.75 Å². The van der Waals surface area contributed by atoms with Crippen LogP contribution in [0.3, 0.4) is 0 Å². The van der Waals surface area contributed by atoms with Crippen LogP contribution in [0.15, 0.2) is 34.4 Å². The van der Waals surface area contributed by atoms with Crippen LogP contribution in [0.5, 0.6) is 5.75 Å². The number of carbonyl (C=O) groups is 2. The molecule has 1 aromatic carbocycles. The van der Waals surface area contributed by atoms with Crippen molar-refractivity contribution in [3.05, 3.63) is 47.1 Å². The van der Waals surface area contributed by atoms with Gasteiger partial charge in [-0.1, -0.05) is 29.8 Å². The molecular formula is C21H24N4O4S. The zero-order valence-corrected chi connectivity index (χ0v) is 18.0. The van der Waals surface area contributed by atoms with E-state index in [9.17, 15) is 9.59 Å². The van der Waals surface area contributed by atoms with Gasteiger partial charge in [-0.15, -0.1) is 11.8 Å². The molecule has 2 aromatic rings. The van der Waals surface area contributed by atoms with Crippen LogP contribution < -0.4 is 10.1 Å². The van der Waals surface area contributed by atoms with Gasteiger partial charge in [0.1, 0.15) is 22.9 Å². The molecule has 0 spiro atoms. The fourth-order valence-corrected chi connectivity index (χ4v) is 4.74. The lowest BCUT2D eigenvalue weighted by atomic mass is 10.0. The lowest BCUT2D eigenvalue weighted by Gasteiger charge is -2.49. The molecular weight excluding hydrogens is 404 g/mol. The van der Waals surface area contributed by atoms with Crippen LogP contribution in [-0.2, 0) is 16.0 Å². The van der Waals surface area contributed by atoms with Crippen molar-refractivity contribution in [1.29, 1.82) is 0 Å². The molecule has 9 heteroatoms. The highest BCUT2D eigenvalue weighted by Gasteiger charge is 2.53. The Hall–Kier alpha value is -2.81. The molecule has 1 N–H and O–H groups in total. The lowest BCUT2D eigenvalue weighted by molar-refractivity contribution is -0.144. The molecule has 2 aliphatic heterocycles. The Morgan fingerprint density at radius 1 is 1.33 bits per heavy atom. The van der Waals surface area contributed by atoms with E-state index in [2.05, 4.69) is 15.5 Å². The summed E-state index contributed by atoms with van der Waals surface area (Å²) in [6.07, 6.45) is 1.64. The molecule has 0 unspecified atom stereocenters. The number of nitrogens with one attached hydrogen (secondary N) is 1. The number of fused-ring (bicyclic) bond motifs is 1. The molecule has 8 nitrogen and oxygen atoms in total. The minimum atomic E-state index is -0.592. The number of nitrogens with zero attached hydrogens (tertiary/aromatic N) is 3. The van der Waals surface area contributed by atoms with Crippen LogP contribution in [-0.4, -0.2) is 50.6 Å². The molecule has 4 rings (SSSR count). The molecule has 2 aliphatic rings. The zero-order valence-electron chi connectivity index (χ0n) is 17.2. The number of carbonyl (C=O) groups excluding carboxylic acids is 2. The SMILES string of the molecule is CCCc1noc(C2=C(C)CS[C@@H]3[C@H](NC(=O)COc4ccc(C)cc4)C(=O)N23)n1. The maximum atomic E-state index is 12.8. The summed E-state index contributed by atoms with van der Waals surface area (Å²) >= 11 is 1.61. The number of hydrogen-bond donors (Lipinski definition) is 1. The average Bonchev–Trinajstić information content (AvgIpc) is 3.20. The Morgan fingerprint density at radius 3 is 2.83 bits per heavy atom. The first-order valence-electron chi connectivity index (χ1n) is 9.94. The molecule has 1 saturated heterocycles. The number of benzene rings is 1.